The van der Waals surface area contributed by atoms with Gasteiger partial charge in [-0.2, -0.15) is 0 Å². The Kier molecular flexibility index (Phi) is 3.69. The zero-order valence-electron chi connectivity index (χ0n) is 8.36. The first-order chi connectivity index (χ1) is 7.66. The van der Waals surface area contributed by atoms with Crippen molar-refractivity contribution in [1.82, 2.24) is 0 Å². The molecule has 1 aromatic carbocycles. The summed E-state index contributed by atoms with van der Waals surface area (Å²) in [6.45, 7) is 0. The summed E-state index contributed by atoms with van der Waals surface area (Å²) in [7, 11) is 0. The average molecular weight is 302 g/mol. The van der Waals surface area contributed by atoms with Crippen LogP contribution in [-0.2, 0) is 6.42 Å². The van der Waals surface area contributed by atoms with E-state index in [1.165, 1.54) is 0 Å². The maximum absolute atomic E-state index is 10.0. The number of furan rings is 1. The van der Waals surface area contributed by atoms with E-state index >= 15 is 0 Å². The predicted molar refractivity (Wildman–Crippen MR) is 66.5 cm³/mol. The molecule has 1 unspecified atom stereocenters. The number of aliphatic hydroxyl groups excluding tert-OH is 1. The van der Waals surface area contributed by atoms with Gasteiger partial charge in [-0.3, -0.25) is 0 Å². The summed E-state index contributed by atoms with van der Waals surface area (Å²) in [6, 6.07) is 9.21. The molecule has 4 heteroatoms. The molecule has 2 rings (SSSR count). The summed E-state index contributed by atoms with van der Waals surface area (Å²) < 4.78 is 5.65. The standard InChI is InChI=1S/C12H10BrClO2/c13-12-10(4-5-16-12)11(15)7-8-2-1-3-9(14)6-8/h1-6,11,15H,7H2. The molecule has 1 N–H and O–H groups in total. The van der Waals surface area contributed by atoms with Gasteiger partial charge in [0.25, 0.3) is 0 Å². The van der Waals surface area contributed by atoms with E-state index in [2.05, 4.69) is 15.9 Å². The largest absolute Gasteiger partial charge is 0.457 e. The van der Waals surface area contributed by atoms with Crippen LogP contribution in [-0.4, -0.2) is 5.11 Å². The monoisotopic (exact) mass is 300 g/mol. The number of benzene rings is 1. The lowest BCUT2D eigenvalue weighted by Gasteiger charge is -2.09. The third-order valence-corrected chi connectivity index (χ3v) is 3.20. The van der Waals surface area contributed by atoms with E-state index in [9.17, 15) is 5.11 Å². The molecule has 0 spiro atoms. The van der Waals surface area contributed by atoms with Crippen LogP contribution in [0.1, 0.15) is 17.2 Å². The third-order valence-electron chi connectivity index (χ3n) is 2.32. The van der Waals surface area contributed by atoms with Crippen molar-refractivity contribution in [1.29, 1.82) is 0 Å². The van der Waals surface area contributed by atoms with Crippen molar-refractivity contribution in [3.63, 3.8) is 0 Å². The van der Waals surface area contributed by atoms with Gasteiger partial charge in [0.05, 0.1) is 12.4 Å². The molecule has 0 saturated carbocycles. The highest BCUT2D eigenvalue weighted by Crippen LogP contribution is 2.27. The number of rotatable bonds is 3. The van der Waals surface area contributed by atoms with Crippen molar-refractivity contribution in [2.45, 2.75) is 12.5 Å². The molecule has 2 nitrogen and oxygen atoms in total. The summed E-state index contributed by atoms with van der Waals surface area (Å²) in [6.07, 6.45) is 1.46. The highest BCUT2D eigenvalue weighted by Gasteiger charge is 2.14. The fourth-order valence-corrected chi connectivity index (χ4v) is 2.26. The molecule has 0 amide bonds. The lowest BCUT2D eigenvalue weighted by Crippen LogP contribution is -2.01. The Balaban J connectivity index is 2.14. The minimum absolute atomic E-state index is 0.513. The predicted octanol–water partition coefficient (Wildman–Crippen LogP) is 3.97. The zero-order valence-corrected chi connectivity index (χ0v) is 10.7. The molecule has 0 aliphatic heterocycles. The molecule has 0 bridgehead atoms. The van der Waals surface area contributed by atoms with Gasteiger partial charge in [0.2, 0.25) is 0 Å². The Morgan fingerprint density at radius 2 is 2.19 bits per heavy atom. The molecule has 1 heterocycles. The van der Waals surface area contributed by atoms with Gasteiger partial charge in [0.1, 0.15) is 0 Å². The average Bonchev–Trinajstić information content (AvgIpc) is 2.64. The normalized spacial score (nSPS) is 12.7. The van der Waals surface area contributed by atoms with Gasteiger partial charge in [0.15, 0.2) is 4.67 Å². The molecule has 2 aromatic rings. The fraction of sp³-hybridized carbons (Fsp3) is 0.167. The highest BCUT2D eigenvalue weighted by molar-refractivity contribution is 9.10. The van der Waals surface area contributed by atoms with Crippen LogP contribution >= 0.6 is 27.5 Å². The van der Waals surface area contributed by atoms with Gasteiger partial charge in [-0.15, -0.1) is 0 Å². The second-order valence-corrected chi connectivity index (χ2v) is 4.66. The van der Waals surface area contributed by atoms with Gasteiger partial charge in [-0.05, 0) is 39.7 Å². The van der Waals surface area contributed by atoms with Gasteiger partial charge >= 0.3 is 0 Å². The SMILES string of the molecule is OC(Cc1cccc(Cl)c1)c1ccoc1Br. The van der Waals surface area contributed by atoms with Crippen molar-refractivity contribution in [2.24, 2.45) is 0 Å². The summed E-state index contributed by atoms with van der Waals surface area (Å²) >= 11 is 9.12. The summed E-state index contributed by atoms with van der Waals surface area (Å²) in [4.78, 5) is 0. The van der Waals surface area contributed by atoms with Crippen LogP contribution in [0.3, 0.4) is 0 Å². The van der Waals surface area contributed by atoms with Gasteiger partial charge in [-0.1, -0.05) is 23.7 Å². The van der Waals surface area contributed by atoms with E-state index in [0.29, 0.717) is 16.1 Å². The molecule has 16 heavy (non-hydrogen) atoms. The maximum Gasteiger partial charge on any atom is 0.174 e. The molecule has 0 saturated heterocycles. The van der Waals surface area contributed by atoms with Crippen molar-refractivity contribution in [3.8, 4) is 0 Å². The summed E-state index contributed by atoms with van der Waals surface area (Å²) in [5.41, 5.74) is 1.74. The second-order valence-electron chi connectivity index (χ2n) is 3.50. The van der Waals surface area contributed by atoms with Crippen LogP contribution in [0.4, 0.5) is 0 Å². The van der Waals surface area contributed by atoms with Crippen LogP contribution in [0.25, 0.3) is 0 Å². The zero-order chi connectivity index (χ0) is 11.5. The van der Waals surface area contributed by atoms with Crippen LogP contribution in [0.15, 0.2) is 45.7 Å². The maximum atomic E-state index is 10.0. The Labute approximate surface area is 107 Å². The molecule has 0 aliphatic rings. The Morgan fingerprint density at radius 1 is 1.38 bits per heavy atom. The van der Waals surface area contributed by atoms with Crippen LogP contribution in [0, 0.1) is 0 Å². The Hall–Kier alpha value is -0.770. The van der Waals surface area contributed by atoms with Crippen LogP contribution in [0.2, 0.25) is 5.02 Å². The van der Waals surface area contributed by atoms with E-state index < -0.39 is 6.10 Å². The topological polar surface area (TPSA) is 33.4 Å². The van der Waals surface area contributed by atoms with Crippen molar-refractivity contribution < 1.29 is 9.52 Å². The van der Waals surface area contributed by atoms with Crippen LogP contribution < -0.4 is 0 Å². The van der Waals surface area contributed by atoms with Crippen LogP contribution in [0.5, 0.6) is 0 Å². The van der Waals surface area contributed by atoms with Crippen molar-refractivity contribution in [2.75, 3.05) is 0 Å². The number of hydrogen-bond acceptors (Lipinski definition) is 2. The lowest BCUT2D eigenvalue weighted by atomic mass is 10.0. The minimum atomic E-state index is -0.591. The Morgan fingerprint density at radius 3 is 2.81 bits per heavy atom. The van der Waals surface area contributed by atoms with Crippen molar-refractivity contribution >= 4 is 27.5 Å². The second kappa shape index (κ2) is 5.04. The van der Waals surface area contributed by atoms with E-state index in [1.54, 1.807) is 12.3 Å². The summed E-state index contributed by atoms with van der Waals surface area (Å²) in [5.74, 6) is 0. The molecule has 84 valence electrons. The third kappa shape index (κ3) is 2.67. The quantitative estimate of drug-likeness (QED) is 0.930. The first-order valence-electron chi connectivity index (χ1n) is 4.82. The lowest BCUT2D eigenvalue weighted by molar-refractivity contribution is 0.176. The first kappa shape index (κ1) is 11.7. The van der Waals surface area contributed by atoms with E-state index in [4.69, 9.17) is 16.0 Å². The van der Waals surface area contributed by atoms with Gasteiger partial charge in [0, 0.05) is 17.0 Å². The molecule has 0 aliphatic carbocycles. The van der Waals surface area contributed by atoms with E-state index in [-0.39, 0.29) is 0 Å². The molecular weight excluding hydrogens is 291 g/mol. The highest BCUT2D eigenvalue weighted by atomic mass is 79.9. The van der Waals surface area contributed by atoms with E-state index in [1.807, 2.05) is 24.3 Å². The smallest absolute Gasteiger partial charge is 0.174 e. The first-order valence-corrected chi connectivity index (χ1v) is 5.99. The molecule has 0 fully saturated rings. The molecule has 1 aromatic heterocycles. The van der Waals surface area contributed by atoms with Crippen molar-refractivity contribution in [3.05, 3.63) is 57.4 Å². The molecule has 1 atom stereocenters. The van der Waals surface area contributed by atoms with Gasteiger partial charge in [-0.25, -0.2) is 0 Å². The molecule has 0 radical (unpaired) electrons. The molecular formula is C12H10BrClO2. The number of halogens is 2. The Bertz CT molecular complexity index is 481. The number of hydrogen-bond donors (Lipinski definition) is 1. The number of aliphatic hydroxyl groups is 1. The summed E-state index contributed by atoms with van der Waals surface area (Å²) in [5, 5.41) is 10.7. The fourth-order valence-electron chi connectivity index (χ4n) is 1.54. The minimum Gasteiger partial charge on any atom is -0.457 e. The van der Waals surface area contributed by atoms with Gasteiger partial charge < -0.3 is 9.52 Å². The van der Waals surface area contributed by atoms with E-state index in [0.717, 1.165) is 11.1 Å².